The highest BCUT2D eigenvalue weighted by Gasteiger charge is 2.58. The molecule has 1 fully saturated rings. The van der Waals surface area contributed by atoms with Crippen LogP contribution >= 0.6 is 0 Å². The number of carboxylic acid groups (broad SMARTS) is 2. The van der Waals surface area contributed by atoms with E-state index >= 15 is 0 Å². The third-order valence-corrected chi connectivity index (χ3v) is 3.53. The van der Waals surface area contributed by atoms with Gasteiger partial charge in [-0.2, -0.15) is 0 Å². The molecule has 2 N–H and O–H groups in total. The molecule has 1 heterocycles. The zero-order valence-corrected chi connectivity index (χ0v) is 12.4. The molecule has 1 aromatic rings. The minimum atomic E-state index is -1.88. The molecule has 9 nitrogen and oxygen atoms in total. The van der Waals surface area contributed by atoms with Crippen LogP contribution in [0.4, 0.5) is 0 Å². The second kappa shape index (κ2) is 7.09. The largest absolute Gasteiger partial charge is 0.481 e. The van der Waals surface area contributed by atoms with Gasteiger partial charge in [0.15, 0.2) is 12.2 Å². The minimum Gasteiger partial charge on any atom is -0.481 e. The summed E-state index contributed by atoms with van der Waals surface area (Å²) in [6, 6.07) is 7.79. The van der Waals surface area contributed by atoms with E-state index in [2.05, 4.69) is 4.74 Å². The normalized spacial score (nSPS) is 25.7. The molecule has 128 valence electrons. The number of rotatable bonds is 5. The number of ether oxygens (including phenoxy) is 3. The lowest BCUT2D eigenvalue weighted by Gasteiger charge is -2.17. The van der Waals surface area contributed by atoms with Crippen LogP contribution < -0.4 is 4.74 Å². The molecular formula is C15H14O9. The summed E-state index contributed by atoms with van der Waals surface area (Å²) in [4.78, 5) is 46.7. The Morgan fingerprint density at radius 1 is 0.917 bits per heavy atom. The van der Waals surface area contributed by atoms with Crippen molar-refractivity contribution in [2.75, 3.05) is 7.11 Å². The number of carboxylic acids is 2. The van der Waals surface area contributed by atoms with Gasteiger partial charge in [0.05, 0.1) is 7.11 Å². The van der Waals surface area contributed by atoms with Crippen LogP contribution in [0, 0.1) is 11.8 Å². The van der Waals surface area contributed by atoms with Gasteiger partial charge in [-0.3, -0.25) is 9.59 Å². The minimum absolute atomic E-state index is 0.139. The average Bonchev–Trinajstić information content (AvgIpc) is 2.96. The number of carbonyl (C=O) groups excluding carboxylic acids is 2. The standard InChI is InChI=1S/C15H14O9/c1-22-14(20)9-8(12(16)17)10(13(18)19)24-11(9)15(21)23-7-5-3-2-4-6-7/h2-6,8-11H,1H3,(H,16,17)(H,18,19). The lowest BCUT2D eigenvalue weighted by atomic mass is 9.87. The van der Waals surface area contributed by atoms with Crippen LogP contribution in [-0.2, 0) is 28.7 Å². The van der Waals surface area contributed by atoms with Gasteiger partial charge in [0.25, 0.3) is 0 Å². The average molecular weight is 338 g/mol. The Labute approximate surface area is 135 Å². The van der Waals surface area contributed by atoms with Crippen molar-refractivity contribution in [1.29, 1.82) is 0 Å². The van der Waals surface area contributed by atoms with E-state index in [0.717, 1.165) is 7.11 Å². The van der Waals surface area contributed by atoms with Crippen molar-refractivity contribution in [1.82, 2.24) is 0 Å². The molecule has 0 radical (unpaired) electrons. The third-order valence-electron chi connectivity index (χ3n) is 3.53. The van der Waals surface area contributed by atoms with Crippen molar-refractivity contribution in [3.63, 3.8) is 0 Å². The molecular weight excluding hydrogens is 324 g/mol. The molecule has 4 atom stereocenters. The predicted octanol–water partition coefficient (Wildman–Crippen LogP) is -0.0660. The van der Waals surface area contributed by atoms with Gasteiger partial charge in [-0.15, -0.1) is 0 Å². The van der Waals surface area contributed by atoms with Crippen molar-refractivity contribution in [2.45, 2.75) is 12.2 Å². The zero-order valence-electron chi connectivity index (χ0n) is 12.4. The number of esters is 2. The van der Waals surface area contributed by atoms with E-state index in [9.17, 15) is 24.3 Å². The molecule has 1 aromatic carbocycles. The predicted molar refractivity (Wildman–Crippen MR) is 75.0 cm³/mol. The van der Waals surface area contributed by atoms with Gasteiger partial charge in [-0.1, -0.05) is 18.2 Å². The first-order chi connectivity index (χ1) is 11.4. The number of hydrogen-bond acceptors (Lipinski definition) is 7. The number of benzene rings is 1. The van der Waals surface area contributed by atoms with Crippen molar-refractivity contribution >= 4 is 23.9 Å². The van der Waals surface area contributed by atoms with E-state index in [1.807, 2.05) is 0 Å². The fourth-order valence-electron chi connectivity index (χ4n) is 2.47. The first kappa shape index (κ1) is 17.4. The van der Waals surface area contributed by atoms with E-state index in [-0.39, 0.29) is 5.75 Å². The Kier molecular flexibility index (Phi) is 5.14. The Morgan fingerprint density at radius 2 is 1.54 bits per heavy atom. The first-order valence-corrected chi connectivity index (χ1v) is 6.82. The van der Waals surface area contributed by atoms with Gasteiger partial charge in [0.1, 0.15) is 17.6 Å². The van der Waals surface area contributed by atoms with E-state index in [1.54, 1.807) is 18.2 Å². The summed E-state index contributed by atoms with van der Waals surface area (Å²) in [5.74, 6) is -8.61. The number of para-hydroxylation sites is 1. The Morgan fingerprint density at radius 3 is 2.04 bits per heavy atom. The van der Waals surface area contributed by atoms with E-state index in [0.29, 0.717) is 0 Å². The molecule has 2 rings (SSSR count). The summed E-state index contributed by atoms with van der Waals surface area (Å²) in [5, 5.41) is 18.3. The lowest BCUT2D eigenvalue weighted by molar-refractivity contribution is -0.162. The summed E-state index contributed by atoms with van der Waals surface area (Å²) < 4.78 is 14.5. The number of methoxy groups -OCH3 is 1. The van der Waals surface area contributed by atoms with Crippen LogP contribution in [-0.4, -0.2) is 53.4 Å². The maximum absolute atomic E-state index is 12.2. The van der Waals surface area contributed by atoms with Gasteiger partial charge in [0, 0.05) is 0 Å². The topological polar surface area (TPSA) is 136 Å². The fourth-order valence-corrected chi connectivity index (χ4v) is 2.47. The summed E-state index contributed by atoms with van der Waals surface area (Å²) in [5.41, 5.74) is 0. The molecule has 0 aliphatic carbocycles. The monoisotopic (exact) mass is 338 g/mol. The van der Waals surface area contributed by atoms with E-state index < -0.39 is 47.9 Å². The SMILES string of the molecule is COC(=O)C1C(C(=O)Oc2ccccc2)OC(C(=O)O)C1C(=O)O. The van der Waals surface area contributed by atoms with Gasteiger partial charge in [0.2, 0.25) is 0 Å². The van der Waals surface area contributed by atoms with Crippen LogP contribution in [0.25, 0.3) is 0 Å². The number of hydrogen-bond donors (Lipinski definition) is 2. The molecule has 24 heavy (non-hydrogen) atoms. The Bertz CT molecular complexity index is 654. The maximum atomic E-state index is 12.2. The summed E-state index contributed by atoms with van der Waals surface area (Å²) >= 11 is 0. The molecule has 0 spiro atoms. The number of carbonyl (C=O) groups is 4. The molecule has 1 saturated heterocycles. The summed E-state index contributed by atoms with van der Waals surface area (Å²) in [6.45, 7) is 0. The third kappa shape index (κ3) is 3.35. The maximum Gasteiger partial charge on any atom is 0.341 e. The van der Waals surface area contributed by atoms with Gasteiger partial charge >= 0.3 is 23.9 Å². The molecule has 1 aliphatic heterocycles. The quantitative estimate of drug-likeness (QED) is 0.558. The molecule has 0 aromatic heterocycles. The molecule has 4 unspecified atom stereocenters. The van der Waals surface area contributed by atoms with Gasteiger partial charge in [-0.05, 0) is 12.1 Å². The summed E-state index contributed by atoms with van der Waals surface area (Å²) in [7, 11) is 0.995. The second-order valence-electron chi connectivity index (χ2n) is 4.96. The second-order valence-corrected chi connectivity index (χ2v) is 4.96. The van der Waals surface area contributed by atoms with Crippen LogP contribution in [0.5, 0.6) is 5.75 Å². The highest BCUT2D eigenvalue weighted by molar-refractivity contribution is 5.93. The zero-order chi connectivity index (χ0) is 17.9. The smallest absolute Gasteiger partial charge is 0.341 e. The summed E-state index contributed by atoms with van der Waals surface area (Å²) in [6.07, 6.45) is -3.58. The molecule has 0 bridgehead atoms. The van der Waals surface area contributed by atoms with Crippen molar-refractivity contribution < 1.29 is 43.6 Å². The van der Waals surface area contributed by atoms with E-state index in [1.165, 1.54) is 12.1 Å². The highest BCUT2D eigenvalue weighted by atomic mass is 16.6. The van der Waals surface area contributed by atoms with Crippen LogP contribution in [0.15, 0.2) is 30.3 Å². The Balaban J connectivity index is 2.31. The molecule has 0 amide bonds. The van der Waals surface area contributed by atoms with Crippen LogP contribution in [0.1, 0.15) is 0 Å². The van der Waals surface area contributed by atoms with Crippen molar-refractivity contribution in [3.8, 4) is 5.75 Å². The fraction of sp³-hybridized carbons (Fsp3) is 0.333. The van der Waals surface area contributed by atoms with Crippen LogP contribution in [0.2, 0.25) is 0 Å². The molecule has 1 aliphatic rings. The molecule has 9 heteroatoms. The van der Waals surface area contributed by atoms with Gasteiger partial charge in [-0.25, -0.2) is 9.59 Å². The first-order valence-electron chi connectivity index (χ1n) is 6.82. The van der Waals surface area contributed by atoms with E-state index in [4.69, 9.17) is 14.6 Å². The van der Waals surface area contributed by atoms with Crippen molar-refractivity contribution in [3.05, 3.63) is 30.3 Å². The van der Waals surface area contributed by atoms with Crippen molar-refractivity contribution in [2.24, 2.45) is 11.8 Å². The van der Waals surface area contributed by atoms with Gasteiger partial charge < -0.3 is 24.4 Å². The number of aliphatic carboxylic acids is 2. The Hall–Kier alpha value is -2.94. The highest BCUT2D eigenvalue weighted by Crippen LogP contribution is 2.35. The lowest BCUT2D eigenvalue weighted by Crippen LogP contribution is -2.40. The molecule has 0 saturated carbocycles. The van der Waals surface area contributed by atoms with Crippen LogP contribution in [0.3, 0.4) is 0 Å².